The smallest absolute Gasteiger partial charge is 0.257 e. The van der Waals surface area contributed by atoms with Crippen LogP contribution < -0.4 is 15.1 Å². The van der Waals surface area contributed by atoms with E-state index in [9.17, 15) is 9.59 Å². The molecule has 0 aliphatic carbocycles. The van der Waals surface area contributed by atoms with Gasteiger partial charge in [-0.2, -0.15) is 0 Å². The van der Waals surface area contributed by atoms with Crippen molar-refractivity contribution in [2.75, 3.05) is 34.8 Å². The van der Waals surface area contributed by atoms with Crippen LogP contribution >= 0.6 is 0 Å². The molecule has 3 rings (SSSR count). The SMILES string of the molecule is CCN(CC)c1ccc(C(=O)Nc2ccc3c(c2)CCCN3C(C)=O)cn1. The molecule has 142 valence electrons. The number of anilines is 3. The summed E-state index contributed by atoms with van der Waals surface area (Å²) in [6, 6.07) is 9.38. The number of carbonyl (C=O) groups is 2. The van der Waals surface area contributed by atoms with E-state index >= 15 is 0 Å². The van der Waals surface area contributed by atoms with Gasteiger partial charge in [0.15, 0.2) is 0 Å². The average Bonchev–Trinajstić information content (AvgIpc) is 2.68. The maximum Gasteiger partial charge on any atom is 0.257 e. The molecule has 1 aromatic heterocycles. The molecule has 0 unspecified atom stereocenters. The van der Waals surface area contributed by atoms with Crippen LogP contribution in [-0.4, -0.2) is 36.4 Å². The van der Waals surface area contributed by atoms with Gasteiger partial charge in [-0.1, -0.05) is 0 Å². The average molecular weight is 366 g/mol. The predicted molar refractivity (Wildman–Crippen MR) is 109 cm³/mol. The summed E-state index contributed by atoms with van der Waals surface area (Å²) < 4.78 is 0. The van der Waals surface area contributed by atoms with Gasteiger partial charge >= 0.3 is 0 Å². The maximum absolute atomic E-state index is 12.5. The number of rotatable bonds is 5. The third kappa shape index (κ3) is 4.10. The Labute approximate surface area is 160 Å². The number of aryl methyl sites for hydroxylation is 1. The Bertz CT molecular complexity index is 829. The zero-order chi connectivity index (χ0) is 19.4. The van der Waals surface area contributed by atoms with Crippen LogP contribution in [0.5, 0.6) is 0 Å². The molecule has 2 aromatic rings. The Morgan fingerprint density at radius 1 is 1.19 bits per heavy atom. The molecular weight excluding hydrogens is 340 g/mol. The van der Waals surface area contributed by atoms with Crippen LogP contribution in [0.1, 0.15) is 43.1 Å². The first-order valence-electron chi connectivity index (χ1n) is 9.46. The Balaban J connectivity index is 1.74. The molecular formula is C21H26N4O2. The highest BCUT2D eigenvalue weighted by molar-refractivity contribution is 6.04. The lowest BCUT2D eigenvalue weighted by Gasteiger charge is -2.29. The van der Waals surface area contributed by atoms with E-state index in [0.29, 0.717) is 5.56 Å². The molecule has 6 nitrogen and oxygen atoms in total. The molecule has 6 heteroatoms. The van der Waals surface area contributed by atoms with Crippen LogP contribution in [0.2, 0.25) is 0 Å². The van der Waals surface area contributed by atoms with Crippen LogP contribution in [0, 0.1) is 0 Å². The fourth-order valence-electron chi connectivity index (χ4n) is 3.46. The summed E-state index contributed by atoms with van der Waals surface area (Å²) in [6.07, 6.45) is 3.45. The molecule has 1 aromatic carbocycles. The highest BCUT2D eigenvalue weighted by Crippen LogP contribution is 2.30. The van der Waals surface area contributed by atoms with Gasteiger partial charge < -0.3 is 15.1 Å². The van der Waals surface area contributed by atoms with Crippen LogP contribution in [0.3, 0.4) is 0 Å². The van der Waals surface area contributed by atoms with E-state index in [4.69, 9.17) is 0 Å². The number of hydrogen-bond acceptors (Lipinski definition) is 4. The summed E-state index contributed by atoms with van der Waals surface area (Å²) in [7, 11) is 0. The minimum atomic E-state index is -0.187. The van der Waals surface area contributed by atoms with Gasteiger partial charge in [-0.15, -0.1) is 0 Å². The van der Waals surface area contributed by atoms with Gasteiger partial charge in [-0.25, -0.2) is 4.98 Å². The lowest BCUT2D eigenvalue weighted by molar-refractivity contribution is -0.116. The fraction of sp³-hybridized carbons (Fsp3) is 0.381. The molecule has 0 atom stereocenters. The largest absolute Gasteiger partial charge is 0.357 e. The molecule has 0 spiro atoms. The topological polar surface area (TPSA) is 65.5 Å². The van der Waals surface area contributed by atoms with E-state index in [1.165, 1.54) is 0 Å². The zero-order valence-corrected chi connectivity index (χ0v) is 16.2. The zero-order valence-electron chi connectivity index (χ0n) is 16.2. The summed E-state index contributed by atoms with van der Waals surface area (Å²) in [5, 5.41) is 2.93. The van der Waals surface area contributed by atoms with Gasteiger partial charge in [-0.3, -0.25) is 9.59 Å². The van der Waals surface area contributed by atoms with Gasteiger partial charge in [0, 0.05) is 44.1 Å². The van der Waals surface area contributed by atoms with E-state index < -0.39 is 0 Å². The van der Waals surface area contributed by atoms with E-state index in [0.717, 1.165) is 55.2 Å². The monoisotopic (exact) mass is 366 g/mol. The highest BCUT2D eigenvalue weighted by Gasteiger charge is 2.20. The minimum Gasteiger partial charge on any atom is -0.357 e. The summed E-state index contributed by atoms with van der Waals surface area (Å²) in [6.45, 7) is 8.24. The Kier molecular flexibility index (Phi) is 5.74. The summed E-state index contributed by atoms with van der Waals surface area (Å²) in [5.41, 5.74) is 3.28. The predicted octanol–water partition coefficient (Wildman–Crippen LogP) is 3.48. The van der Waals surface area contributed by atoms with Crippen LogP contribution in [0.25, 0.3) is 0 Å². The summed E-state index contributed by atoms with van der Waals surface area (Å²) >= 11 is 0. The molecule has 0 bridgehead atoms. The van der Waals surface area contributed by atoms with Gasteiger partial charge in [0.1, 0.15) is 5.82 Å². The van der Waals surface area contributed by atoms with E-state index in [-0.39, 0.29) is 11.8 Å². The molecule has 27 heavy (non-hydrogen) atoms. The third-order valence-corrected chi connectivity index (χ3v) is 4.93. The van der Waals surface area contributed by atoms with E-state index in [1.54, 1.807) is 24.1 Å². The van der Waals surface area contributed by atoms with Crippen molar-refractivity contribution in [3.8, 4) is 0 Å². The number of benzene rings is 1. The quantitative estimate of drug-likeness (QED) is 0.880. The standard InChI is InChI=1S/C21H26N4O2/c1-4-24(5-2)20-11-8-17(14-22-20)21(27)23-18-9-10-19-16(13-18)7-6-12-25(19)15(3)26/h8-11,13-14H,4-7,12H2,1-3H3,(H,23,27). The normalized spacial score (nSPS) is 13.1. The van der Waals surface area contributed by atoms with Crippen molar-refractivity contribution < 1.29 is 9.59 Å². The second-order valence-corrected chi connectivity index (χ2v) is 6.65. The van der Waals surface area contributed by atoms with Crippen molar-refractivity contribution in [1.29, 1.82) is 0 Å². The van der Waals surface area contributed by atoms with Crippen LogP contribution in [-0.2, 0) is 11.2 Å². The first-order chi connectivity index (χ1) is 13.0. The Morgan fingerprint density at radius 2 is 1.96 bits per heavy atom. The van der Waals surface area contributed by atoms with Crippen molar-refractivity contribution in [3.05, 3.63) is 47.7 Å². The highest BCUT2D eigenvalue weighted by atomic mass is 16.2. The molecule has 1 aliphatic heterocycles. The summed E-state index contributed by atoms with van der Waals surface area (Å²) in [4.78, 5) is 32.6. The van der Waals surface area contributed by atoms with Crippen molar-refractivity contribution in [2.24, 2.45) is 0 Å². The van der Waals surface area contributed by atoms with Gasteiger partial charge in [0.25, 0.3) is 5.91 Å². The third-order valence-electron chi connectivity index (χ3n) is 4.93. The fourth-order valence-corrected chi connectivity index (χ4v) is 3.46. The second-order valence-electron chi connectivity index (χ2n) is 6.65. The number of hydrogen-bond donors (Lipinski definition) is 1. The van der Waals surface area contributed by atoms with Crippen LogP contribution in [0.15, 0.2) is 36.5 Å². The van der Waals surface area contributed by atoms with Gasteiger partial charge in [0.2, 0.25) is 5.91 Å². The lowest BCUT2D eigenvalue weighted by atomic mass is 10.0. The Hall–Kier alpha value is -2.89. The number of amides is 2. The molecule has 2 amide bonds. The number of nitrogens with one attached hydrogen (secondary N) is 1. The lowest BCUT2D eigenvalue weighted by Crippen LogP contribution is -2.33. The molecule has 1 aliphatic rings. The molecule has 0 saturated carbocycles. The second kappa shape index (κ2) is 8.20. The number of nitrogens with zero attached hydrogens (tertiary/aromatic N) is 3. The van der Waals surface area contributed by atoms with Gasteiger partial charge in [0.05, 0.1) is 5.56 Å². The van der Waals surface area contributed by atoms with Crippen molar-refractivity contribution in [3.63, 3.8) is 0 Å². The molecule has 1 N–H and O–H groups in total. The molecule has 0 fully saturated rings. The van der Waals surface area contributed by atoms with Crippen molar-refractivity contribution in [2.45, 2.75) is 33.6 Å². The van der Waals surface area contributed by atoms with Crippen LogP contribution in [0.4, 0.5) is 17.2 Å². The van der Waals surface area contributed by atoms with E-state index in [2.05, 4.69) is 29.0 Å². The molecule has 0 saturated heterocycles. The minimum absolute atomic E-state index is 0.0482. The Morgan fingerprint density at radius 3 is 2.59 bits per heavy atom. The van der Waals surface area contributed by atoms with Crippen molar-refractivity contribution >= 4 is 29.0 Å². The molecule has 2 heterocycles. The molecule has 0 radical (unpaired) electrons. The number of aromatic nitrogens is 1. The van der Waals surface area contributed by atoms with Crippen molar-refractivity contribution in [1.82, 2.24) is 4.98 Å². The number of fused-ring (bicyclic) bond motifs is 1. The van der Waals surface area contributed by atoms with Gasteiger partial charge in [-0.05, 0) is 62.6 Å². The maximum atomic E-state index is 12.5. The first-order valence-corrected chi connectivity index (χ1v) is 9.46. The number of carbonyl (C=O) groups excluding carboxylic acids is 2. The van der Waals surface area contributed by atoms with E-state index in [1.807, 2.05) is 24.3 Å². The first kappa shape index (κ1) is 18.9. The number of pyridine rings is 1. The summed E-state index contributed by atoms with van der Waals surface area (Å²) in [5.74, 6) is 0.731.